The molecule has 230 valence electrons. The van der Waals surface area contributed by atoms with Crippen molar-refractivity contribution in [2.45, 2.75) is 60.1 Å². The molecule has 0 aliphatic carbocycles. The highest BCUT2D eigenvalue weighted by molar-refractivity contribution is 8.11. The number of fused-ring (bicyclic) bond motifs is 1. The minimum Gasteiger partial charge on any atom is -0.460 e. The van der Waals surface area contributed by atoms with Crippen molar-refractivity contribution in [3.63, 3.8) is 0 Å². The Morgan fingerprint density at radius 2 is 1.79 bits per heavy atom. The van der Waals surface area contributed by atoms with Crippen molar-refractivity contribution < 1.29 is 22.1 Å². The third-order valence-electron chi connectivity index (χ3n) is 5.66. The van der Waals surface area contributed by atoms with Gasteiger partial charge in [0.25, 0.3) is 0 Å². The zero-order valence-corrected chi connectivity index (χ0v) is 26.4. The van der Waals surface area contributed by atoms with Crippen molar-refractivity contribution in [2.24, 2.45) is 0 Å². The number of rotatable bonds is 8. The fourth-order valence-electron chi connectivity index (χ4n) is 4.00. The maximum absolute atomic E-state index is 12.7. The van der Waals surface area contributed by atoms with Gasteiger partial charge in [0.1, 0.15) is 28.2 Å². The molecule has 1 fully saturated rings. The number of hydrogen-bond donors (Lipinski definition) is 3. The number of thioether (sulfide) groups is 1. The highest BCUT2D eigenvalue weighted by Gasteiger charge is 2.31. The van der Waals surface area contributed by atoms with Gasteiger partial charge in [-0.3, -0.25) is 0 Å². The van der Waals surface area contributed by atoms with Crippen LogP contribution in [0.3, 0.4) is 0 Å². The molecule has 0 amide bonds. The van der Waals surface area contributed by atoms with Crippen LogP contribution >= 0.6 is 11.8 Å². The third kappa shape index (κ3) is 11.3. The molecule has 1 atom stereocenters. The van der Waals surface area contributed by atoms with Crippen LogP contribution in [0.5, 0.6) is 5.75 Å². The van der Waals surface area contributed by atoms with Crippen LogP contribution in [0.1, 0.15) is 58.2 Å². The van der Waals surface area contributed by atoms with E-state index in [1.807, 2.05) is 20.8 Å². The van der Waals surface area contributed by atoms with E-state index >= 15 is 0 Å². The van der Waals surface area contributed by atoms with Crippen molar-refractivity contribution in [1.82, 2.24) is 15.3 Å². The molecule has 12 heteroatoms. The zero-order chi connectivity index (χ0) is 31.3. The summed E-state index contributed by atoms with van der Waals surface area (Å²) in [4.78, 5) is 9.71. The number of piperidine rings is 1. The minimum absolute atomic E-state index is 0.119. The van der Waals surface area contributed by atoms with Gasteiger partial charge in [0.2, 0.25) is 5.95 Å². The Kier molecular flexibility index (Phi) is 14.3. The molecule has 1 aliphatic rings. The van der Waals surface area contributed by atoms with Gasteiger partial charge in [0, 0.05) is 17.0 Å². The number of aromatic nitrogens is 2. The molecule has 2 heterocycles. The van der Waals surface area contributed by atoms with Gasteiger partial charge in [-0.1, -0.05) is 62.9 Å². The second-order valence-corrected chi connectivity index (χ2v) is 11.7. The first-order valence-electron chi connectivity index (χ1n) is 13.7. The summed E-state index contributed by atoms with van der Waals surface area (Å²) in [7, 11) is -2.33. The van der Waals surface area contributed by atoms with Crippen LogP contribution in [-0.4, -0.2) is 39.2 Å². The van der Waals surface area contributed by atoms with Crippen LogP contribution in [-0.2, 0) is 11.0 Å². The van der Waals surface area contributed by atoms with Gasteiger partial charge in [-0.25, -0.2) is 14.2 Å². The zero-order valence-electron chi connectivity index (χ0n) is 24.7. The second kappa shape index (κ2) is 17.1. The van der Waals surface area contributed by atoms with Crippen molar-refractivity contribution in [3.05, 3.63) is 71.1 Å². The van der Waals surface area contributed by atoms with Crippen molar-refractivity contribution >= 4 is 50.1 Å². The van der Waals surface area contributed by atoms with Gasteiger partial charge in [-0.05, 0) is 69.3 Å². The first kappa shape index (κ1) is 35.1. The number of alkyl halides is 3. The van der Waals surface area contributed by atoms with E-state index in [9.17, 15) is 17.4 Å². The van der Waals surface area contributed by atoms with E-state index in [0.717, 1.165) is 4.91 Å². The standard InChI is InChI=1S/C23H23F3N4O2S2.C5H11N.C2H6/c1-13(2)33-21(18-9-10-28-22(27)29-18)15(4)32-20-14(3)11-19(16-7-5-6-8-17(16)20)30-34(31)12-23(24,25)26;1-2-4-6-5-3-1;1-2/h5-11,30H,1,12H2,2-4H3,(H2,27,28,29);6H,1-5H2;1-2H3/b21-15+;;. The number of nitrogens with two attached hydrogens (primary N) is 1. The lowest BCUT2D eigenvalue weighted by Gasteiger charge is -2.18. The molecule has 3 aromatic rings. The number of anilines is 2. The third-order valence-corrected chi connectivity index (χ3v) is 7.75. The molecule has 1 unspecified atom stereocenters. The highest BCUT2D eigenvalue weighted by Crippen LogP contribution is 2.40. The lowest BCUT2D eigenvalue weighted by molar-refractivity contribution is -0.105. The van der Waals surface area contributed by atoms with Crippen LogP contribution in [0.2, 0.25) is 0 Å². The molecule has 1 aliphatic heterocycles. The van der Waals surface area contributed by atoms with Gasteiger partial charge in [-0.2, -0.15) is 13.2 Å². The molecule has 4 rings (SSSR count). The van der Waals surface area contributed by atoms with Gasteiger partial charge >= 0.3 is 6.18 Å². The van der Waals surface area contributed by atoms with Gasteiger partial charge in [-0.15, -0.1) is 0 Å². The van der Waals surface area contributed by atoms with Crippen molar-refractivity contribution in [3.8, 4) is 5.75 Å². The molecule has 42 heavy (non-hydrogen) atoms. The van der Waals surface area contributed by atoms with Crippen LogP contribution in [0.15, 0.2) is 59.8 Å². The van der Waals surface area contributed by atoms with E-state index < -0.39 is 22.9 Å². The molecular weight excluding hydrogens is 583 g/mol. The molecule has 0 radical (unpaired) electrons. The van der Waals surface area contributed by atoms with E-state index in [2.05, 4.69) is 26.6 Å². The van der Waals surface area contributed by atoms with E-state index in [1.165, 1.54) is 44.1 Å². The number of nitrogens with zero attached hydrogens (tertiary/aromatic N) is 2. The molecule has 2 aromatic carbocycles. The fraction of sp³-hybridized carbons (Fsp3) is 0.400. The van der Waals surface area contributed by atoms with E-state index in [-0.39, 0.29) is 5.95 Å². The summed E-state index contributed by atoms with van der Waals surface area (Å²) in [5.74, 6) is -0.291. The molecule has 7 nitrogen and oxygen atoms in total. The molecule has 1 aromatic heterocycles. The summed E-state index contributed by atoms with van der Waals surface area (Å²) in [6, 6.07) is 10.4. The summed E-state index contributed by atoms with van der Waals surface area (Å²) in [5, 5.41) is 4.51. The van der Waals surface area contributed by atoms with Crippen LogP contribution in [0.25, 0.3) is 15.7 Å². The monoisotopic (exact) mass is 623 g/mol. The Morgan fingerprint density at radius 3 is 2.31 bits per heavy atom. The summed E-state index contributed by atoms with van der Waals surface area (Å²) >= 11 is 1.37. The van der Waals surface area contributed by atoms with Crippen molar-refractivity contribution in [1.29, 1.82) is 0 Å². The number of ether oxygens (including phenoxy) is 1. The normalized spacial score (nSPS) is 14.4. The van der Waals surface area contributed by atoms with Gasteiger partial charge in [0.05, 0.1) is 16.3 Å². The predicted octanol–water partition coefficient (Wildman–Crippen LogP) is 7.98. The summed E-state index contributed by atoms with van der Waals surface area (Å²) < 4.78 is 58.8. The number of hydrogen-bond acceptors (Lipinski definition) is 7. The first-order valence-corrected chi connectivity index (χ1v) is 15.8. The Labute approximate surface area is 253 Å². The molecule has 4 N–H and O–H groups in total. The minimum atomic E-state index is -4.55. The lowest BCUT2D eigenvalue weighted by atomic mass is 10.0. The largest absolute Gasteiger partial charge is 0.460 e. The number of halogens is 3. The van der Waals surface area contributed by atoms with E-state index in [0.29, 0.717) is 44.1 Å². The molecule has 0 saturated carbocycles. The maximum Gasteiger partial charge on any atom is 0.402 e. The SMILES string of the molecule is C1CCNCC1.C=C(C)S/C(=C(\C)Oc1c(C)cc(NS(=O)CC(F)(F)F)c2ccccc12)c1ccnc(N)n1.CC. The number of nitrogens with one attached hydrogen (secondary N) is 2. The van der Waals surface area contributed by atoms with Crippen LogP contribution in [0.4, 0.5) is 24.8 Å². The average Bonchev–Trinajstić information content (AvgIpc) is 2.95. The fourth-order valence-corrected chi connectivity index (χ4v) is 5.53. The van der Waals surface area contributed by atoms with E-state index in [1.54, 1.807) is 56.4 Å². The van der Waals surface area contributed by atoms with Crippen LogP contribution in [0, 0.1) is 6.92 Å². The topological polar surface area (TPSA) is 102 Å². The maximum atomic E-state index is 12.7. The van der Waals surface area contributed by atoms with Crippen LogP contribution < -0.4 is 20.5 Å². The number of benzene rings is 2. The molecule has 0 bridgehead atoms. The van der Waals surface area contributed by atoms with Gasteiger partial charge < -0.3 is 20.5 Å². The van der Waals surface area contributed by atoms with Gasteiger partial charge in [0.15, 0.2) is 0 Å². The van der Waals surface area contributed by atoms with E-state index in [4.69, 9.17) is 10.5 Å². The molecule has 0 spiro atoms. The number of aryl methyl sites for hydroxylation is 1. The summed E-state index contributed by atoms with van der Waals surface area (Å²) in [6.45, 7) is 15.8. The number of nitrogen functional groups attached to an aromatic ring is 1. The predicted molar refractivity (Wildman–Crippen MR) is 172 cm³/mol. The first-order chi connectivity index (χ1) is 19.9. The Morgan fingerprint density at radius 1 is 1.14 bits per heavy atom. The Hall–Kier alpha value is -3.09. The Balaban J connectivity index is 0.000000672. The lowest BCUT2D eigenvalue weighted by Crippen LogP contribution is -2.22. The quantitative estimate of drug-likeness (QED) is 0.219. The second-order valence-electron chi connectivity index (χ2n) is 9.23. The summed E-state index contributed by atoms with van der Waals surface area (Å²) in [6.07, 6.45) is 1.22. The molecular formula is C30H40F3N5O2S2. The Bertz CT molecular complexity index is 1380. The number of allylic oxidation sites excluding steroid dienone is 2. The smallest absolute Gasteiger partial charge is 0.402 e. The van der Waals surface area contributed by atoms with Crippen molar-refractivity contribution in [2.75, 3.05) is 29.3 Å². The highest BCUT2D eigenvalue weighted by atomic mass is 32.2. The molecule has 1 saturated heterocycles. The summed E-state index contributed by atoms with van der Waals surface area (Å²) in [5.41, 5.74) is 7.29. The average molecular weight is 624 g/mol.